The fourth-order valence-corrected chi connectivity index (χ4v) is 3.14. The molecule has 3 atom stereocenters. The maximum Gasteiger partial charge on any atom is 0.311 e. The average Bonchev–Trinajstić information content (AvgIpc) is 3.26. The van der Waals surface area contributed by atoms with Crippen LogP contribution >= 0.6 is 0 Å². The molecule has 0 amide bonds. The van der Waals surface area contributed by atoms with E-state index < -0.39 is 17.3 Å². The Kier molecular flexibility index (Phi) is 3.54. The number of allylic oxidation sites excluding steroid dienone is 3. The number of carboxylic acids is 1. The molecular weight excluding hydrogens is 308 g/mol. The lowest BCUT2D eigenvalue weighted by Gasteiger charge is -2.32. The van der Waals surface area contributed by atoms with E-state index in [1.165, 1.54) is 0 Å². The smallest absolute Gasteiger partial charge is 0.311 e. The van der Waals surface area contributed by atoms with E-state index in [4.69, 9.17) is 9.15 Å². The number of benzene rings is 1. The molecule has 2 aromatic rings. The van der Waals surface area contributed by atoms with E-state index in [9.17, 15) is 9.90 Å². The molecule has 0 spiro atoms. The number of carbonyl (C=O) groups is 1. The molecule has 1 aromatic carbocycles. The molecule has 1 saturated heterocycles. The lowest BCUT2D eigenvalue weighted by molar-refractivity contribution is -0.142. The Morgan fingerprint density at radius 3 is 2.75 bits per heavy atom. The molecule has 1 fully saturated rings. The Morgan fingerprint density at radius 2 is 2.04 bits per heavy atom. The van der Waals surface area contributed by atoms with Crippen molar-refractivity contribution in [1.82, 2.24) is 10.2 Å². The van der Waals surface area contributed by atoms with Crippen LogP contribution < -0.4 is 0 Å². The second kappa shape index (κ2) is 5.72. The molecule has 4 rings (SSSR count). The molecule has 1 aromatic heterocycles. The van der Waals surface area contributed by atoms with Crippen molar-refractivity contribution in [3.05, 3.63) is 60.5 Å². The van der Waals surface area contributed by atoms with Gasteiger partial charge in [0.05, 0.1) is 24.0 Å². The van der Waals surface area contributed by atoms with E-state index >= 15 is 0 Å². The van der Waals surface area contributed by atoms with Crippen molar-refractivity contribution in [2.24, 2.45) is 5.92 Å². The van der Waals surface area contributed by atoms with Crippen LogP contribution in [0.2, 0.25) is 0 Å². The van der Waals surface area contributed by atoms with Crippen LogP contribution in [0.15, 0.2) is 59.1 Å². The van der Waals surface area contributed by atoms with Crippen molar-refractivity contribution in [3.8, 4) is 11.5 Å². The maximum atomic E-state index is 11.8. The number of ether oxygens (including phenoxy) is 1. The summed E-state index contributed by atoms with van der Waals surface area (Å²) in [5, 5.41) is 18.0. The summed E-state index contributed by atoms with van der Waals surface area (Å²) in [7, 11) is 0. The molecule has 3 unspecified atom stereocenters. The number of hydrogen-bond acceptors (Lipinski definition) is 5. The van der Waals surface area contributed by atoms with Crippen LogP contribution in [0.5, 0.6) is 0 Å². The van der Waals surface area contributed by atoms with Crippen molar-refractivity contribution >= 4 is 5.97 Å². The molecule has 1 N–H and O–H groups in total. The first-order valence-electron chi connectivity index (χ1n) is 7.79. The van der Waals surface area contributed by atoms with Gasteiger partial charge in [0, 0.05) is 5.56 Å². The van der Waals surface area contributed by atoms with Crippen LogP contribution in [0.25, 0.3) is 11.5 Å². The summed E-state index contributed by atoms with van der Waals surface area (Å²) in [6.45, 7) is 0.630. The third-order valence-electron chi connectivity index (χ3n) is 4.44. The van der Waals surface area contributed by atoms with E-state index in [1.807, 2.05) is 42.5 Å². The Bertz CT molecular complexity index is 807. The van der Waals surface area contributed by atoms with Gasteiger partial charge in [-0.3, -0.25) is 4.79 Å². The van der Waals surface area contributed by atoms with Crippen molar-refractivity contribution in [3.63, 3.8) is 0 Å². The summed E-state index contributed by atoms with van der Waals surface area (Å²) < 4.78 is 11.2. The first-order chi connectivity index (χ1) is 11.7. The Morgan fingerprint density at radius 1 is 1.25 bits per heavy atom. The van der Waals surface area contributed by atoms with Gasteiger partial charge in [0.25, 0.3) is 0 Å². The Hall–Kier alpha value is -2.73. The van der Waals surface area contributed by atoms with Crippen LogP contribution in [0, 0.1) is 5.92 Å². The fourth-order valence-electron chi connectivity index (χ4n) is 3.14. The molecular formula is C18H16N2O4. The molecule has 1 aliphatic heterocycles. The average molecular weight is 324 g/mol. The second-order valence-corrected chi connectivity index (χ2v) is 6.04. The summed E-state index contributed by atoms with van der Waals surface area (Å²) in [4.78, 5) is 11.8. The number of aliphatic carboxylic acids is 1. The fraction of sp³-hybridized carbons (Fsp3) is 0.278. The van der Waals surface area contributed by atoms with Gasteiger partial charge in [-0.05, 0) is 18.6 Å². The zero-order valence-electron chi connectivity index (χ0n) is 12.8. The van der Waals surface area contributed by atoms with Gasteiger partial charge in [0.1, 0.15) is 0 Å². The summed E-state index contributed by atoms with van der Waals surface area (Å²) >= 11 is 0. The van der Waals surface area contributed by atoms with E-state index in [0.29, 0.717) is 24.8 Å². The third kappa shape index (κ3) is 2.55. The summed E-state index contributed by atoms with van der Waals surface area (Å²) in [5.74, 6) is -0.995. The van der Waals surface area contributed by atoms with Crippen molar-refractivity contribution in [2.45, 2.75) is 17.9 Å². The molecule has 0 saturated carbocycles. The molecule has 6 nitrogen and oxygen atoms in total. The quantitative estimate of drug-likeness (QED) is 0.850. The molecule has 24 heavy (non-hydrogen) atoms. The number of carboxylic acid groups (broad SMARTS) is 1. The normalized spacial score (nSPS) is 28.0. The topological polar surface area (TPSA) is 88.8 Å². The van der Waals surface area contributed by atoms with E-state index in [-0.39, 0.29) is 6.10 Å². The number of hydrogen-bond donors (Lipinski definition) is 1. The van der Waals surface area contributed by atoms with Gasteiger partial charge in [-0.1, -0.05) is 42.5 Å². The second-order valence-electron chi connectivity index (χ2n) is 6.04. The number of rotatable bonds is 5. The summed E-state index contributed by atoms with van der Waals surface area (Å²) in [5.41, 5.74) is -0.0850. The minimum Gasteiger partial charge on any atom is -0.481 e. The lowest BCUT2D eigenvalue weighted by Crippen LogP contribution is -2.40. The molecule has 2 aliphatic rings. The molecule has 122 valence electrons. The highest BCUT2D eigenvalue weighted by Gasteiger charge is 2.50. The molecule has 0 radical (unpaired) electrons. The van der Waals surface area contributed by atoms with Gasteiger partial charge >= 0.3 is 5.97 Å². The first-order valence-corrected chi connectivity index (χ1v) is 7.79. The minimum atomic E-state index is -0.921. The monoisotopic (exact) mass is 324 g/mol. The Balaban J connectivity index is 1.77. The largest absolute Gasteiger partial charge is 0.481 e. The highest BCUT2D eigenvalue weighted by Crippen LogP contribution is 2.44. The standard InChI is InChI=1S/C18H16N2O4/c21-16(22)14-8-4-5-9-18(14,10-13-11-23-13)17-20-19-15(24-17)12-6-2-1-3-7-12/h1-9,13-14H,10-11H2,(H,21,22). The van der Waals surface area contributed by atoms with E-state index in [2.05, 4.69) is 10.2 Å². The predicted octanol–water partition coefficient (Wildman–Crippen LogP) is 2.59. The molecule has 6 heteroatoms. The van der Waals surface area contributed by atoms with Crippen LogP contribution in [-0.4, -0.2) is 34.0 Å². The highest BCUT2D eigenvalue weighted by molar-refractivity contribution is 5.76. The van der Waals surface area contributed by atoms with E-state index in [1.54, 1.807) is 12.2 Å². The van der Waals surface area contributed by atoms with Crippen LogP contribution in [0.1, 0.15) is 12.3 Å². The zero-order chi connectivity index (χ0) is 16.6. The minimum absolute atomic E-state index is 0.0232. The number of aromatic nitrogens is 2. The van der Waals surface area contributed by atoms with Crippen LogP contribution in [0.4, 0.5) is 0 Å². The highest BCUT2D eigenvalue weighted by atomic mass is 16.6. The summed E-state index contributed by atoms with van der Waals surface area (Å²) in [6.07, 6.45) is 7.59. The van der Waals surface area contributed by atoms with Crippen molar-refractivity contribution < 1.29 is 19.1 Å². The van der Waals surface area contributed by atoms with Crippen molar-refractivity contribution in [2.75, 3.05) is 6.61 Å². The molecule has 2 heterocycles. The summed E-state index contributed by atoms with van der Waals surface area (Å²) in [6, 6.07) is 9.42. The SMILES string of the molecule is O=C(O)C1C=CC=CC1(CC1CO1)c1nnc(-c2ccccc2)o1. The van der Waals surface area contributed by atoms with Gasteiger partial charge in [-0.15, -0.1) is 10.2 Å². The lowest BCUT2D eigenvalue weighted by atomic mass is 9.69. The predicted molar refractivity (Wildman–Crippen MR) is 85.2 cm³/mol. The molecule has 0 bridgehead atoms. The van der Waals surface area contributed by atoms with E-state index in [0.717, 1.165) is 5.56 Å². The number of nitrogens with zero attached hydrogens (tertiary/aromatic N) is 2. The van der Waals surface area contributed by atoms with Gasteiger partial charge in [-0.2, -0.15) is 0 Å². The van der Waals surface area contributed by atoms with Gasteiger partial charge < -0.3 is 14.3 Å². The zero-order valence-corrected chi connectivity index (χ0v) is 12.8. The number of epoxide rings is 1. The molecule has 1 aliphatic carbocycles. The van der Waals surface area contributed by atoms with Gasteiger partial charge in [0.15, 0.2) is 0 Å². The third-order valence-corrected chi connectivity index (χ3v) is 4.44. The first kappa shape index (κ1) is 14.8. The Labute approximate surface area is 138 Å². The van der Waals surface area contributed by atoms with Crippen molar-refractivity contribution in [1.29, 1.82) is 0 Å². The van der Waals surface area contributed by atoms with Crippen LogP contribution in [-0.2, 0) is 14.9 Å². The maximum absolute atomic E-state index is 11.8. The van der Waals surface area contributed by atoms with Gasteiger partial charge in [-0.25, -0.2) is 0 Å². The van der Waals surface area contributed by atoms with Gasteiger partial charge in [0.2, 0.25) is 11.8 Å². The van der Waals surface area contributed by atoms with Crippen LogP contribution in [0.3, 0.4) is 0 Å².